The van der Waals surface area contributed by atoms with Crippen LogP contribution in [-0.4, -0.2) is 36.1 Å². The molecule has 0 spiro atoms. The van der Waals surface area contributed by atoms with Crippen molar-refractivity contribution in [2.24, 2.45) is 5.73 Å². The largest absolute Gasteiger partial charge is 0.417 e. The number of carbonyl (C=O) groups excluding carboxylic acids is 1. The van der Waals surface area contributed by atoms with Gasteiger partial charge in [0.15, 0.2) is 0 Å². The summed E-state index contributed by atoms with van der Waals surface area (Å²) in [6.45, 7) is 2.88. The van der Waals surface area contributed by atoms with Crippen molar-refractivity contribution in [2.75, 3.05) is 18.0 Å². The van der Waals surface area contributed by atoms with Crippen LogP contribution in [0.5, 0.6) is 0 Å². The van der Waals surface area contributed by atoms with E-state index in [0.29, 0.717) is 31.7 Å². The van der Waals surface area contributed by atoms with Crippen LogP contribution in [0, 0.1) is 0 Å². The van der Waals surface area contributed by atoms with Crippen LogP contribution >= 0.6 is 0 Å². The fraction of sp³-hybridized carbons (Fsp3) is 0.571. The highest BCUT2D eigenvalue weighted by Crippen LogP contribution is 2.29. The normalized spacial score (nSPS) is 18.1. The number of alkyl halides is 3. The minimum Gasteiger partial charge on any atom is -0.356 e. The average molecular weight is 316 g/mol. The number of nitrogens with zero attached hydrogens (tertiary/aromatic N) is 2. The summed E-state index contributed by atoms with van der Waals surface area (Å²) in [6.07, 6.45) is -2.11. The first kappa shape index (κ1) is 16.5. The predicted molar refractivity (Wildman–Crippen MR) is 76.3 cm³/mol. The van der Waals surface area contributed by atoms with Gasteiger partial charge in [0.25, 0.3) is 0 Å². The molecule has 0 aromatic carbocycles. The Labute approximate surface area is 126 Å². The van der Waals surface area contributed by atoms with Gasteiger partial charge in [-0.05, 0) is 31.9 Å². The number of nitrogens with two attached hydrogens (primary N) is 1. The zero-order valence-corrected chi connectivity index (χ0v) is 12.2. The maximum Gasteiger partial charge on any atom is 0.417 e. The third-order valence-electron chi connectivity index (χ3n) is 3.65. The maximum atomic E-state index is 12.5. The summed E-state index contributed by atoms with van der Waals surface area (Å²) >= 11 is 0. The molecule has 1 saturated heterocycles. The molecular weight excluding hydrogens is 297 g/mol. The summed E-state index contributed by atoms with van der Waals surface area (Å²) in [5.74, 6) is 0.330. The van der Waals surface area contributed by atoms with Gasteiger partial charge >= 0.3 is 6.18 Å². The van der Waals surface area contributed by atoms with Gasteiger partial charge in [0, 0.05) is 25.3 Å². The molecule has 1 aromatic heterocycles. The molecule has 1 unspecified atom stereocenters. The molecule has 5 nitrogen and oxygen atoms in total. The molecule has 1 aliphatic rings. The first-order valence-corrected chi connectivity index (χ1v) is 7.11. The lowest BCUT2D eigenvalue weighted by atomic mass is 10.0. The molecule has 1 atom stereocenters. The standard InChI is InChI=1S/C14H19F3N4O/c1-9(18)13(22)20-11-4-6-21(7-5-11)12-3-2-10(8-19-12)14(15,16)17/h2-3,8-9,11H,4-7,18H2,1H3,(H,20,22). The van der Waals surface area contributed by atoms with Crippen molar-refractivity contribution in [1.82, 2.24) is 10.3 Å². The van der Waals surface area contributed by atoms with Crippen LogP contribution in [0.25, 0.3) is 0 Å². The molecule has 0 bridgehead atoms. The second-order valence-corrected chi connectivity index (χ2v) is 5.46. The van der Waals surface area contributed by atoms with Gasteiger partial charge in [0.1, 0.15) is 5.82 Å². The van der Waals surface area contributed by atoms with Crippen LogP contribution in [0.2, 0.25) is 0 Å². The van der Waals surface area contributed by atoms with Crippen LogP contribution in [0.4, 0.5) is 19.0 Å². The van der Waals surface area contributed by atoms with Gasteiger partial charge in [0.05, 0.1) is 11.6 Å². The second kappa shape index (κ2) is 6.51. The molecule has 122 valence electrons. The number of pyridine rings is 1. The molecule has 1 aromatic rings. The number of halogens is 3. The van der Waals surface area contributed by atoms with E-state index >= 15 is 0 Å². The highest BCUT2D eigenvalue weighted by molar-refractivity contribution is 5.81. The van der Waals surface area contributed by atoms with E-state index < -0.39 is 17.8 Å². The number of aromatic nitrogens is 1. The van der Waals surface area contributed by atoms with E-state index in [1.54, 1.807) is 6.92 Å². The zero-order chi connectivity index (χ0) is 16.3. The highest BCUT2D eigenvalue weighted by Gasteiger charge is 2.31. The number of hydrogen-bond donors (Lipinski definition) is 2. The summed E-state index contributed by atoms with van der Waals surface area (Å²) in [4.78, 5) is 17.3. The van der Waals surface area contributed by atoms with Crippen molar-refractivity contribution >= 4 is 11.7 Å². The highest BCUT2D eigenvalue weighted by atomic mass is 19.4. The minimum atomic E-state index is -4.37. The molecule has 8 heteroatoms. The van der Waals surface area contributed by atoms with Gasteiger partial charge < -0.3 is 16.0 Å². The molecule has 0 radical (unpaired) electrons. The Hall–Kier alpha value is -1.83. The third kappa shape index (κ3) is 4.09. The van der Waals surface area contributed by atoms with Gasteiger partial charge in [-0.1, -0.05) is 0 Å². The van der Waals surface area contributed by atoms with Crippen LogP contribution < -0.4 is 16.0 Å². The van der Waals surface area contributed by atoms with E-state index in [1.807, 2.05) is 4.90 Å². The van der Waals surface area contributed by atoms with Crippen LogP contribution in [0.15, 0.2) is 18.3 Å². The predicted octanol–water partition coefficient (Wildman–Crippen LogP) is 1.53. The smallest absolute Gasteiger partial charge is 0.356 e. The van der Waals surface area contributed by atoms with Crippen molar-refractivity contribution in [2.45, 2.75) is 38.0 Å². The zero-order valence-electron chi connectivity index (χ0n) is 12.2. The van der Waals surface area contributed by atoms with Gasteiger partial charge in [0.2, 0.25) is 5.91 Å². The summed E-state index contributed by atoms with van der Waals surface area (Å²) in [7, 11) is 0. The monoisotopic (exact) mass is 316 g/mol. The molecular formula is C14H19F3N4O. The van der Waals surface area contributed by atoms with Crippen molar-refractivity contribution < 1.29 is 18.0 Å². The van der Waals surface area contributed by atoms with Gasteiger partial charge in [-0.25, -0.2) is 4.98 Å². The van der Waals surface area contributed by atoms with Crippen LogP contribution in [0.3, 0.4) is 0 Å². The average Bonchev–Trinajstić information content (AvgIpc) is 2.47. The first-order valence-electron chi connectivity index (χ1n) is 7.11. The fourth-order valence-electron chi connectivity index (χ4n) is 2.33. The first-order chi connectivity index (χ1) is 10.3. The molecule has 0 saturated carbocycles. The van der Waals surface area contributed by atoms with Gasteiger partial charge in [-0.2, -0.15) is 13.2 Å². The van der Waals surface area contributed by atoms with Crippen LogP contribution in [-0.2, 0) is 11.0 Å². The minimum absolute atomic E-state index is 0.0456. The van der Waals surface area contributed by atoms with E-state index in [9.17, 15) is 18.0 Å². The molecule has 2 rings (SSSR count). The Morgan fingerprint density at radius 2 is 2.05 bits per heavy atom. The Morgan fingerprint density at radius 3 is 2.50 bits per heavy atom. The number of anilines is 1. The lowest BCUT2D eigenvalue weighted by Crippen LogP contribution is -2.49. The number of rotatable bonds is 3. The summed E-state index contributed by atoms with van der Waals surface area (Å²) in [5, 5.41) is 2.86. The van der Waals surface area contributed by atoms with E-state index in [0.717, 1.165) is 12.3 Å². The van der Waals surface area contributed by atoms with Gasteiger partial charge in [-0.15, -0.1) is 0 Å². The molecule has 3 N–H and O–H groups in total. The summed E-state index contributed by atoms with van der Waals surface area (Å²) in [5.41, 5.74) is 4.74. The molecule has 22 heavy (non-hydrogen) atoms. The number of piperidine rings is 1. The lowest BCUT2D eigenvalue weighted by Gasteiger charge is -2.33. The molecule has 1 amide bonds. The Bertz CT molecular complexity index is 508. The SMILES string of the molecule is CC(N)C(=O)NC1CCN(c2ccc(C(F)(F)F)cn2)CC1. The lowest BCUT2D eigenvalue weighted by molar-refractivity contribution is -0.137. The van der Waals surface area contributed by atoms with Crippen LogP contribution in [0.1, 0.15) is 25.3 Å². The van der Waals surface area contributed by atoms with E-state index in [1.165, 1.54) is 6.07 Å². The molecule has 0 aliphatic carbocycles. The van der Waals surface area contributed by atoms with E-state index in [4.69, 9.17) is 5.73 Å². The van der Waals surface area contributed by atoms with E-state index in [-0.39, 0.29) is 11.9 Å². The Kier molecular flexibility index (Phi) is 4.90. The molecule has 2 heterocycles. The third-order valence-corrected chi connectivity index (χ3v) is 3.65. The quantitative estimate of drug-likeness (QED) is 0.887. The summed E-state index contributed by atoms with van der Waals surface area (Å²) in [6, 6.07) is 1.91. The van der Waals surface area contributed by atoms with Crippen molar-refractivity contribution in [3.8, 4) is 0 Å². The second-order valence-electron chi connectivity index (χ2n) is 5.46. The van der Waals surface area contributed by atoms with Gasteiger partial charge in [-0.3, -0.25) is 4.79 Å². The van der Waals surface area contributed by atoms with Crippen molar-refractivity contribution in [1.29, 1.82) is 0 Å². The Balaban J connectivity index is 1.90. The Morgan fingerprint density at radius 1 is 1.41 bits per heavy atom. The number of nitrogens with one attached hydrogen (secondary N) is 1. The fourth-order valence-corrected chi connectivity index (χ4v) is 2.33. The molecule has 1 aliphatic heterocycles. The topological polar surface area (TPSA) is 71.2 Å². The summed E-state index contributed by atoms with van der Waals surface area (Å²) < 4.78 is 37.5. The van der Waals surface area contributed by atoms with Crippen molar-refractivity contribution in [3.63, 3.8) is 0 Å². The van der Waals surface area contributed by atoms with E-state index in [2.05, 4.69) is 10.3 Å². The number of hydrogen-bond acceptors (Lipinski definition) is 4. The number of carbonyl (C=O) groups is 1. The maximum absolute atomic E-state index is 12.5. The molecule has 1 fully saturated rings. The van der Waals surface area contributed by atoms with Crippen molar-refractivity contribution in [3.05, 3.63) is 23.9 Å². The number of amides is 1.